The molecule has 4 nitrogen and oxygen atoms in total. The number of aryl methyl sites for hydroxylation is 1. The van der Waals surface area contributed by atoms with E-state index in [-0.39, 0.29) is 5.91 Å². The van der Waals surface area contributed by atoms with Gasteiger partial charge in [-0.25, -0.2) is 0 Å². The van der Waals surface area contributed by atoms with Crippen molar-refractivity contribution in [2.24, 2.45) is 5.92 Å². The third kappa shape index (κ3) is 4.74. The molecule has 1 aliphatic rings. The van der Waals surface area contributed by atoms with Gasteiger partial charge in [-0.05, 0) is 51.7 Å². The van der Waals surface area contributed by atoms with Gasteiger partial charge in [0.2, 0.25) is 0 Å². The minimum atomic E-state index is -0.874. The molecule has 1 N–H and O–H groups in total. The van der Waals surface area contributed by atoms with Crippen molar-refractivity contribution in [3.63, 3.8) is 0 Å². The van der Waals surface area contributed by atoms with E-state index >= 15 is 0 Å². The highest BCUT2D eigenvalue weighted by Gasteiger charge is 2.29. The maximum Gasteiger partial charge on any atom is 0.263 e. The Morgan fingerprint density at radius 2 is 2.10 bits per heavy atom. The van der Waals surface area contributed by atoms with Crippen molar-refractivity contribution in [1.82, 2.24) is 5.32 Å². The van der Waals surface area contributed by atoms with Gasteiger partial charge in [-0.15, -0.1) is 0 Å². The fraction of sp³-hybridized carbons (Fsp3) is 0.588. The number of amides is 1. The van der Waals surface area contributed by atoms with E-state index in [2.05, 4.69) is 5.32 Å². The molecule has 0 saturated carbocycles. The van der Waals surface area contributed by atoms with Crippen LogP contribution in [-0.4, -0.2) is 31.3 Å². The fourth-order valence-corrected chi connectivity index (χ4v) is 2.36. The Hall–Kier alpha value is -1.55. The first kappa shape index (κ1) is 15.8. The van der Waals surface area contributed by atoms with Gasteiger partial charge in [0.25, 0.3) is 5.91 Å². The lowest BCUT2D eigenvalue weighted by molar-refractivity contribution is -0.134. The molecule has 1 aliphatic heterocycles. The second-order valence-electron chi connectivity index (χ2n) is 6.20. The largest absolute Gasteiger partial charge is 0.478 e. The van der Waals surface area contributed by atoms with E-state index in [1.807, 2.05) is 31.2 Å². The van der Waals surface area contributed by atoms with Gasteiger partial charge in [-0.2, -0.15) is 0 Å². The van der Waals surface area contributed by atoms with Crippen LogP contribution in [0.3, 0.4) is 0 Å². The topological polar surface area (TPSA) is 47.6 Å². The number of benzene rings is 1. The summed E-state index contributed by atoms with van der Waals surface area (Å²) < 4.78 is 11.1. The van der Waals surface area contributed by atoms with Gasteiger partial charge in [0.1, 0.15) is 5.75 Å². The maximum absolute atomic E-state index is 12.2. The zero-order chi connectivity index (χ0) is 15.3. The summed E-state index contributed by atoms with van der Waals surface area (Å²) in [4.78, 5) is 12.2. The number of rotatable bonds is 6. The monoisotopic (exact) mass is 291 g/mol. The summed E-state index contributed by atoms with van der Waals surface area (Å²) in [7, 11) is 0. The molecule has 1 aromatic rings. The Morgan fingerprint density at radius 3 is 2.71 bits per heavy atom. The smallest absolute Gasteiger partial charge is 0.263 e. The molecule has 1 aromatic carbocycles. The molecule has 0 radical (unpaired) electrons. The SMILES string of the molecule is Cc1ccc(OC(C)(C)C(=O)NCC[C@H]2CCOC2)cc1. The van der Waals surface area contributed by atoms with Gasteiger partial charge in [0.15, 0.2) is 5.60 Å². The van der Waals surface area contributed by atoms with Crippen molar-refractivity contribution in [1.29, 1.82) is 0 Å². The van der Waals surface area contributed by atoms with E-state index in [4.69, 9.17) is 9.47 Å². The second kappa shape index (κ2) is 6.94. The third-order valence-corrected chi connectivity index (χ3v) is 3.80. The predicted octanol–water partition coefficient (Wildman–Crippen LogP) is 2.70. The van der Waals surface area contributed by atoms with E-state index < -0.39 is 5.60 Å². The van der Waals surface area contributed by atoms with E-state index in [0.29, 0.717) is 18.2 Å². The zero-order valence-corrected chi connectivity index (χ0v) is 13.1. The Labute approximate surface area is 126 Å². The Balaban J connectivity index is 1.79. The van der Waals surface area contributed by atoms with Crippen molar-refractivity contribution in [2.45, 2.75) is 39.2 Å². The highest BCUT2D eigenvalue weighted by molar-refractivity contribution is 5.84. The molecule has 0 unspecified atom stereocenters. The maximum atomic E-state index is 12.2. The molecule has 1 amide bonds. The van der Waals surface area contributed by atoms with Crippen LogP contribution < -0.4 is 10.1 Å². The Bertz CT molecular complexity index is 461. The molecular weight excluding hydrogens is 266 g/mol. The van der Waals surface area contributed by atoms with E-state index in [1.54, 1.807) is 13.8 Å². The van der Waals surface area contributed by atoms with Crippen molar-refractivity contribution in [3.8, 4) is 5.75 Å². The lowest BCUT2D eigenvalue weighted by atomic mass is 10.0. The molecule has 1 fully saturated rings. The molecule has 116 valence electrons. The summed E-state index contributed by atoms with van der Waals surface area (Å²) >= 11 is 0. The standard InChI is InChI=1S/C17H25NO3/c1-13-4-6-15(7-5-13)21-17(2,3)16(19)18-10-8-14-9-11-20-12-14/h4-7,14H,8-12H2,1-3H3,(H,18,19)/t14-/m0/s1. The summed E-state index contributed by atoms with van der Waals surface area (Å²) in [6.07, 6.45) is 2.06. The minimum absolute atomic E-state index is 0.0815. The number of hydrogen-bond donors (Lipinski definition) is 1. The predicted molar refractivity (Wildman–Crippen MR) is 82.4 cm³/mol. The van der Waals surface area contributed by atoms with Gasteiger partial charge in [0.05, 0.1) is 0 Å². The highest BCUT2D eigenvalue weighted by Crippen LogP contribution is 2.19. The van der Waals surface area contributed by atoms with Crippen molar-refractivity contribution < 1.29 is 14.3 Å². The van der Waals surface area contributed by atoms with Crippen LogP contribution in [0, 0.1) is 12.8 Å². The van der Waals surface area contributed by atoms with Crippen LogP contribution >= 0.6 is 0 Å². The van der Waals surface area contributed by atoms with Gasteiger partial charge in [-0.1, -0.05) is 17.7 Å². The molecule has 0 aromatic heterocycles. The van der Waals surface area contributed by atoms with Crippen LogP contribution in [0.5, 0.6) is 5.75 Å². The lowest BCUT2D eigenvalue weighted by Gasteiger charge is -2.25. The summed E-state index contributed by atoms with van der Waals surface area (Å²) in [5.41, 5.74) is 0.296. The molecule has 1 heterocycles. The molecule has 0 spiro atoms. The summed E-state index contributed by atoms with van der Waals surface area (Å²) in [6, 6.07) is 7.73. The number of carbonyl (C=O) groups is 1. The third-order valence-electron chi connectivity index (χ3n) is 3.80. The summed E-state index contributed by atoms with van der Waals surface area (Å²) in [5.74, 6) is 1.21. The molecule has 0 bridgehead atoms. The molecule has 1 atom stereocenters. The number of hydrogen-bond acceptors (Lipinski definition) is 3. The van der Waals surface area contributed by atoms with Gasteiger partial charge < -0.3 is 14.8 Å². The number of nitrogens with one attached hydrogen (secondary N) is 1. The van der Waals surface area contributed by atoms with E-state index in [1.165, 1.54) is 5.56 Å². The van der Waals surface area contributed by atoms with Crippen LogP contribution in [0.1, 0.15) is 32.3 Å². The van der Waals surface area contributed by atoms with Crippen LogP contribution in [0.25, 0.3) is 0 Å². The molecule has 0 aliphatic carbocycles. The van der Waals surface area contributed by atoms with Crippen LogP contribution in [0.15, 0.2) is 24.3 Å². The zero-order valence-electron chi connectivity index (χ0n) is 13.1. The number of carbonyl (C=O) groups excluding carboxylic acids is 1. The first-order valence-corrected chi connectivity index (χ1v) is 7.59. The second-order valence-corrected chi connectivity index (χ2v) is 6.20. The van der Waals surface area contributed by atoms with Crippen molar-refractivity contribution in [3.05, 3.63) is 29.8 Å². The van der Waals surface area contributed by atoms with E-state index in [0.717, 1.165) is 26.1 Å². The van der Waals surface area contributed by atoms with E-state index in [9.17, 15) is 4.79 Å². The molecule has 21 heavy (non-hydrogen) atoms. The average molecular weight is 291 g/mol. The minimum Gasteiger partial charge on any atom is -0.478 e. The molecule has 2 rings (SSSR count). The molecule has 4 heteroatoms. The van der Waals surface area contributed by atoms with Gasteiger partial charge in [0, 0.05) is 19.8 Å². The van der Waals surface area contributed by atoms with Crippen molar-refractivity contribution >= 4 is 5.91 Å². The first-order valence-electron chi connectivity index (χ1n) is 7.59. The van der Waals surface area contributed by atoms with Gasteiger partial charge in [-0.3, -0.25) is 4.79 Å². The van der Waals surface area contributed by atoms with Crippen LogP contribution in [0.4, 0.5) is 0 Å². The summed E-state index contributed by atoms with van der Waals surface area (Å²) in [6.45, 7) is 7.95. The average Bonchev–Trinajstić information content (AvgIpc) is 2.94. The normalized spacial score (nSPS) is 18.5. The first-order chi connectivity index (χ1) is 9.97. The highest BCUT2D eigenvalue weighted by atomic mass is 16.5. The lowest BCUT2D eigenvalue weighted by Crippen LogP contribution is -2.47. The van der Waals surface area contributed by atoms with Crippen LogP contribution in [0.2, 0.25) is 0 Å². The Kier molecular flexibility index (Phi) is 5.23. The van der Waals surface area contributed by atoms with Gasteiger partial charge >= 0.3 is 0 Å². The quantitative estimate of drug-likeness (QED) is 0.876. The number of ether oxygens (including phenoxy) is 2. The Morgan fingerprint density at radius 1 is 1.38 bits per heavy atom. The van der Waals surface area contributed by atoms with Crippen LogP contribution in [-0.2, 0) is 9.53 Å². The fourth-order valence-electron chi connectivity index (χ4n) is 2.36. The summed E-state index contributed by atoms with van der Waals surface area (Å²) in [5, 5.41) is 2.96. The molecule has 1 saturated heterocycles. The molecular formula is C17H25NO3. The van der Waals surface area contributed by atoms with Crippen molar-refractivity contribution in [2.75, 3.05) is 19.8 Å².